The van der Waals surface area contributed by atoms with Gasteiger partial charge in [0.25, 0.3) is 0 Å². The molecule has 2 heterocycles. The van der Waals surface area contributed by atoms with Gasteiger partial charge in [-0.15, -0.1) is 0 Å². The van der Waals surface area contributed by atoms with Crippen LogP contribution >= 0.6 is 30.4 Å². The van der Waals surface area contributed by atoms with Crippen molar-refractivity contribution in [1.82, 2.24) is 19.9 Å². The highest BCUT2D eigenvalue weighted by atomic mass is 31.2. The Morgan fingerprint density at radius 2 is 0.667 bits per heavy atom. The van der Waals surface area contributed by atoms with E-state index >= 15 is 0 Å². The first kappa shape index (κ1) is 42.8. The second kappa shape index (κ2) is 16.0. The molecular weight excluding hydrogens is 860 g/mol. The fourth-order valence-corrected chi connectivity index (χ4v) is 8.53. The second-order valence-electron chi connectivity index (χ2n) is 13.2. The third kappa shape index (κ3) is 8.78. The first-order chi connectivity index (χ1) is 28.1. The average Bonchev–Trinajstić information content (AvgIpc) is 3.85. The SMILES string of the molecule is COc1cc(-c2nc(-c3ccc(P(=O)(O)O)cc3)c(-c3ccc(P(=O)(O)O)cc3)[nH]2)c(OC)cc1-c1nc(-c2ccc(P(=O)(O)O)cc2)c(-c2ccc(P(=O)(O)O)cc2)[nH]1. The highest BCUT2D eigenvalue weighted by molar-refractivity contribution is 7.61. The number of aromatic amines is 2. The Kier molecular flexibility index (Phi) is 11.4. The van der Waals surface area contributed by atoms with Crippen molar-refractivity contribution in [3.05, 3.63) is 109 Å². The van der Waals surface area contributed by atoms with Crippen molar-refractivity contribution in [2.45, 2.75) is 0 Å². The van der Waals surface area contributed by atoms with Gasteiger partial charge in [-0.05, 0) is 60.7 Å². The average molecular weight is 895 g/mol. The number of H-pyrrole nitrogens is 2. The molecule has 0 saturated heterocycles. The molecule has 0 saturated carbocycles. The maximum absolute atomic E-state index is 11.9. The first-order valence-electron chi connectivity index (χ1n) is 17.3. The predicted molar refractivity (Wildman–Crippen MR) is 223 cm³/mol. The molecule has 18 nitrogen and oxygen atoms in total. The summed E-state index contributed by atoms with van der Waals surface area (Å²) in [5, 5.41) is -0.837. The molecule has 0 fully saturated rings. The number of rotatable bonds is 12. The van der Waals surface area contributed by atoms with Crippen LogP contribution in [0.25, 0.3) is 67.8 Å². The van der Waals surface area contributed by atoms with Gasteiger partial charge in [0, 0.05) is 22.3 Å². The Morgan fingerprint density at radius 1 is 0.417 bits per heavy atom. The summed E-state index contributed by atoms with van der Waals surface area (Å²) in [5.41, 5.74) is 4.06. The van der Waals surface area contributed by atoms with Crippen LogP contribution in [0.2, 0.25) is 0 Å². The van der Waals surface area contributed by atoms with Gasteiger partial charge in [-0.25, -0.2) is 9.97 Å². The van der Waals surface area contributed by atoms with Gasteiger partial charge in [-0.1, -0.05) is 48.5 Å². The van der Waals surface area contributed by atoms with Crippen molar-refractivity contribution in [2.75, 3.05) is 14.2 Å². The molecule has 0 radical (unpaired) electrons. The van der Waals surface area contributed by atoms with Gasteiger partial charge in [0.2, 0.25) is 0 Å². The quantitative estimate of drug-likeness (QED) is 0.0762. The molecule has 310 valence electrons. The van der Waals surface area contributed by atoms with E-state index in [0.717, 1.165) is 0 Å². The number of hydrogen-bond donors (Lipinski definition) is 10. The standard InChI is InChI=1S/C38H34N4O14P4/c1-55-31-19-30(38-41-35(23-7-15-27(16-8-23)59(49,50)51)36(42-38)24-9-17-28(18-10-24)60(52,53)54)32(56-2)20-29(31)37-39-33(21-3-11-25(12-4-21)57(43,44)45)34(40-37)22-5-13-26(14-6-22)58(46,47)48/h3-20H,1-2H3,(H,39,40)(H,41,42)(H2,43,44,45)(H2,46,47,48)(H2,49,50,51)(H2,52,53,54). The van der Waals surface area contributed by atoms with Gasteiger partial charge in [0.15, 0.2) is 0 Å². The van der Waals surface area contributed by atoms with Crippen LogP contribution in [0.4, 0.5) is 0 Å². The van der Waals surface area contributed by atoms with Gasteiger partial charge in [-0.2, -0.15) is 0 Å². The van der Waals surface area contributed by atoms with E-state index in [-0.39, 0.29) is 44.4 Å². The number of benzene rings is 5. The lowest BCUT2D eigenvalue weighted by Gasteiger charge is -2.13. The van der Waals surface area contributed by atoms with Crippen LogP contribution in [0.15, 0.2) is 109 Å². The fourth-order valence-electron chi connectivity index (χ4n) is 6.38. The van der Waals surface area contributed by atoms with Crippen molar-refractivity contribution >= 4 is 51.6 Å². The highest BCUT2D eigenvalue weighted by Crippen LogP contribution is 2.45. The molecule has 0 amide bonds. The van der Waals surface area contributed by atoms with Crippen molar-refractivity contribution < 1.29 is 66.9 Å². The van der Waals surface area contributed by atoms with Crippen LogP contribution in [-0.4, -0.2) is 73.3 Å². The van der Waals surface area contributed by atoms with Gasteiger partial charge in [-0.3, -0.25) is 18.3 Å². The monoisotopic (exact) mass is 894 g/mol. The van der Waals surface area contributed by atoms with Crippen LogP contribution in [0.3, 0.4) is 0 Å². The molecule has 5 aromatic carbocycles. The minimum Gasteiger partial charge on any atom is -0.496 e. The van der Waals surface area contributed by atoms with E-state index in [4.69, 9.17) is 19.4 Å². The van der Waals surface area contributed by atoms with Gasteiger partial charge in [0.05, 0.1) is 69.3 Å². The molecule has 0 bridgehead atoms. The van der Waals surface area contributed by atoms with Crippen molar-refractivity contribution in [3.63, 3.8) is 0 Å². The number of aromatic nitrogens is 4. The zero-order chi connectivity index (χ0) is 43.4. The molecular formula is C38H34N4O14P4. The zero-order valence-electron chi connectivity index (χ0n) is 31.1. The topological polar surface area (TPSA) is 306 Å². The largest absolute Gasteiger partial charge is 0.496 e. The van der Waals surface area contributed by atoms with Crippen molar-refractivity contribution in [3.8, 4) is 79.3 Å². The van der Waals surface area contributed by atoms with Crippen LogP contribution in [0, 0.1) is 0 Å². The molecule has 0 aliphatic carbocycles. The number of hydrogen-bond acceptors (Lipinski definition) is 8. The minimum absolute atomic E-state index is 0.207. The summed E-state index contributed by atoms with van der Waals surface area (Å²) in [7, 11) is -15.4. The first-order valence-corrected chi connectivity index (χ1v) is 23.7. The smallest absolute Gasteiger partial charge is 0.356 e. The van der Waals surface area contributed by atoms with Crippen molar-refractivity contribution in [2.24, 2.45) is 0 Å². The summed E-state index contributed by atoms with van der Waals surface area (Å²) in [6, 6.07) is 25.3. The molecule has 60 heavy (non-hydrogen) atoms. The lowest BCUT2D eigenvalue weighted by atomic mass is 10.1. The molecule has 7 rings (SSSR count). The van der Waals surface area contributed by atoms with Gasteiger partial charge < -0.3 is 58.6 Å². The summed E-state index contributed by atoms with van der Waals surface area (Å²) in [6.45, 7) is 0. The molecule has 0 aliphatic heterocycles. The molecule has 0 unspecified atom stereocenters. The number of nitrogens with one attached hydrogen (secondary N) is 2. The Hall–Kier alpha value is -5.28. The lowest BCUT2D eigenvalue weighted by molar-refractivity contribution is 0.385. The number of imidazole rings is 2. The van der Waals surface area contributed by atoms with Crippen molar-refractivity contribution in [1.29, 1.82) is 0 Å². The summed E-state index contributed by atoms with van der Waals surface area (Å²) >= 11 is 0. The number of ether oxygens (including phenoxy) is 2. The summed E-state index contributed by atoms with van der Waals surface area (Å²) in [4.78, 5) is 93.7. The lowest BCUT2D eigenvalue weighted by Crippen LogP contribution is -2.03. The van der Waals surface area contributed by atoms with Gasteiger partial charge >= 0.3 is 30.4 Å². The Bertz CT molecular complexity index is 2560. The summed E-state index contributed by atoms with van der Waals surface area (Å²) < 4.78 is 59.3. The maximum Gasteiger partial charge on any atom is 0.356 e. The van der Waals surface area contributed by atoms with E-state index < -0.39 is 30.4 Å². The Labute approximate surface area is 340 Å². The normalized spacial score (nSPS) is 12.4. The third-order valence-electron chi connectivity index (χ3n) is 9.38. The molecule has 0 spiro atoms. The van der Waals surface area contributed by atoms with Crippen LogP contribution in [0.5, 0.6) is 11.5 Å². The Balaban J connectivity index is 1.38. The third-order valence-corrected chi connectivity index (χ3v) is 13.3. The molecule has 7 aromatic rings. The Morgan fingerprint density at radius 3 is 0.900 bits per heavy atom. The highest BCUT2D eigenvalue weighted by Gasteiger charge is 2.26. The molecule has 0 atom stereocenters. The molecule has 10 N–H and O–H groups in total. The van der Waals surface area contributed by atoms with Gasteiger partial charge in [0.1, 0.15) is 23.1 Å². The molecule has 22 heteroatoms. The number of methoxy groups -OCH3 is 2. The van der Waals surface area contributed by atoms with E-state index in [0.29, 0.717) is 56.2 Å². The van der Waals surface area contributed by atoms with Crippen LogP contribution in [-0.2, 0) is 18.3 Å². The number of nitrogens with zero attached hydrogens (tertiary/aromatic N) is 2. The van der Waals surface area contributed by atoms with E-state index in [2.05, 4.69) is 9.97 Å². The van der Waals surface area contributed by atoms with E-state index in [1.54, 1.807) is 12.1 Å². The fraction of sp³-hybridized carbons (Fsp3) is 0.0526. The summed E-state index contributed by atoms with van der Waals surface area (Å²) in [6.07, 6.45) is 0. The maximum atomic E-state index is 11.9. The zero-order valence-corrected chi connectivity index (χ0v) is 34.7. The predicted octanol–water partition coefficient (Wildman–Crippen LogP) is 4.36. The van der Waals surface area contributed by atoms with Crippen LogP contribution < -0.4 is 30.7 Å². The minimum atomic E-state index is -4.56. The second-order valence-corrected chi connectivity index (χ2v) is 19.7. The molecule has 2 aromatic heterocycles. The van der Waals surface area contributed by atoms with E-state index in [1.165, 1.54) is 111 Å². The summed E-state index contributed by atoms with van der Waals surface area (Å²) in [5.74, 6) is 1.03. The van der Waals surface area contributed by atoms with Crippen LogP contribution in [0.1, 0.15) is 0 Å². The molecule has 0 aliphatic rings. The van der Waals surface area contributed by atoms with E-state index in [9.17, 15) is 57.4 Å². The van der Waals surface area contributed by atoms with E-state index in [1.807, 2.05) is 0 Å².